The van der Waals surface area contributed by atoms with E-state index in [0.717, 1.165) is 16.6 Å². The zero-order valence-electron chi connectivity index (χ0n) is 13.7. The van der Waals surface area contributed by atoms with Gasteiger partial charge in [0.2, 0.25) is 5.91 Å². The average Bonchev–Trinajstić information content (AvgIpc) is 3.10. The van der Waals surface area contributed by atoms with Gasteiger partial charge in [-0.05, 0) is 52.3 Å². The van der Waals surface area contributed by atoms with E-state index in [2.05, 4.69) is 48.4 Å². The van der Waals surface area contributed by atoms with Crippen molar-refractivity contribution in [2.45, 2.75) is 0 Å². The van der Waals surface area contributed by atoms with Crippen LogP contribution in [0.25, 0.3) is 5.82 Å². The summed E-state index contributed by atoms with van der Waals surface area (Å²) in [6.45, 7) is 3.30. The molecule has 3 aromatic rings. The number of anilines is 2. The van der Waals surface area contributed by atoms with Gasteiger partial charge in [-0.2, -0.15) is 5.10 Å². The molecule has 0 fully saturated rings. The molecule has 8 nitrogen and oxygen atoms in total. The van der Waals surface area contributed by atoms with Crippen LogP contribution in [0.1, 0.15) is 10.5 Å². The highest BCUT2D eigenvalue weighted by Crippen LogP contribution is 2.20. The second-order valence-electron chi connectivity index (χ2n) is 5.22. The fourth-order valence-electron chi connectivity index (χ4n) is 2.07. The lowest BCUT2D eigenvalue weighted by molar-refractivity contribution is -0.111. The van der Waals surface area contributed by atoms with Crippen molar-refractivity contribution in [1.82, 2.24) is 20.0 Å². The maximum Gasteiger partial charge on any atom is 0.276 e. The van der Waals surface area contributed by atoms with Crippen molar-refractivity contribution < 1.29 is 14.0 Å². The summed E-state index contributed by atoms with van der Waals surface area (Å²) in [7, 11) is 0. The van der Waals surface area contributed by atoms with Crippen molar-refractivity contribution in [1.29, 1.82) is 0 Å². The molecule has 0 saturated carbocycles. The van der Waals surface area contributed by atoms with E-state index in [1.165, 1.54) is 22.9 Å². The highest BCUT2D eigenvalue weighted by Gasteiger charge is 2.12. The van der Waals surface area contributed by atoms with Crippen LogP contribution >= 0.6 is 15.9 Å². The van der Waals surface area contributed by atoms with E-state index in [-0.39, 0.29) is 17.1 Å². The summed E-state index contributed by atoms with van der Waals surface area (Å²) in [5.41, 5.74) is 0.261. The first-order valence-electron chi connectivity index (χ1n) is 7.55. The monoisotopic (exact) mass is 430 g/mol. The van der Waals surface area contributed by atoms with Gasteiger partial charge in [-0.25, -0.2) is 9.07 Å². The van der Waals surface area contributed by atoms with Gasteiger partial charge in [-0.15, -0.1) is 10.2 Å². The molecule has 2 N–H and O–H groups in total. The molecule has 0 aliphatic carbocycles. The molecule has 136 valence electrons. The summed E-state index contributed by atoms with van der Waals surface area (Å²) in [4.78, 5) is 23.6. The molecule has 1 aromatic carbocycles. The number of benzene rings is 1. The number of carbonyl (C=O) groups excluding carboxylic acids is 2. The first-order chi connectivity index (χ1) is 13.0. The van der Waals surface area contributed by atoms with Crippen LogP contribution in [-0.2, 0) is 4.79 Å². The minimum Gasteiger partial charge on any atom is -0.321 e. The highest BCUT2D eigenvalue weighted by molar-refractivity contribution is 9.10. The van der Waals surface area contributed by atoms with Crippen molar-refractivity contribution in [3.05, 3.63) is 71.4 Å². The summed E-state index contributed by atoms with van der Waals surface area (Å²) in [6, 6.07) is 6.84. The maximum absolute atomic E-state index is 13.7. The molecule has 10 heteroatoms. The van der Waals surface area contributed by atoms with Crippen molar-refractivity contribution in [2.75, 3.05) is 10.6 Å². The molecule has 0 atom stereocenters. The van der Waals surface area contributed by atoms with E-state index >= 15 is 0 Å². The Morgan fingerprint density at radius 1 is 1.19 bits per heavy atom. The lowest BCUT2D eigenvalue weighted by Crippen LogP contribution is -2.16. The molecule has 2 heterocycles. The van der Waals surface area contributed by atoms with Crippen molar-refractivity contribution in [2.24, 2.45) is 0 Å². The molecular formula is C17H12BrFN6O2. The Morgan fingerprint density at radius 2 is 2.00 bits per heavy atom. The van der Waals surface area contributed by atoms with E-state index in [0.29, 0.717) is 5.82 Å². The van der Waals surface area contributed by atoms with Gasteiger partial charge in [0.15, 0.2) is 11.5 Å². The summed E-state index contributed by atoms with van der Waals surface area (Å²) in [5.74, 6) is -1.31. The SMILES string of the molecule is C=CC(=O)Nc1cc(NC(=O)c2ccc(-n3cc(Br)cn3)nn2)ccc1F. The molecule has 0 bridgehead atoms. The van der Waals surface area contributed by atoms with Gasteiger partial charge in [0.25, 0.3) is 5.91 Å². The zero-order valence-corrected chi connectivity index (χ0v) is 15.3. The Morgan fingerprint density at radius 3 is 2.63 bits per heavy atom. The van der Waals surface area contributed by atoms with Gasteiger partial charge in [0, 0.05) is 11.9 Å². The van der Waals surface area contributed by atoms with Crippen molar-refractivity contribution >= 4 is 39.1 Å². The fourth-order valence-corrected chi connectivity index (χ4v) is 2.36. The third kappa shape index (κ3) is 4.42. The number of carbonyl (C=O) groups is 2. The first kappa shape index (κ1) is 18.4. The van der Waals surface area contributed by atoms with Gasteiger partial charge in [0.05, 0.1) is 16.4 Å². The Kier molecular flexibility index (Phi) is 5.36. The summed E-state index contributed by atoms with van der Waals surface area (Å²) < 4.78 is 16.0. The van der Waals surface area contributed by atoms with Gasteiger partial charge in [-0.3, -0.25) is 9.59 Å². The lowest BCUT2D eigenvalue weighted by atomic mass is 10.2. The van der Waals surface area contributed by atoms with Crippen LogP contribution < -0.4 is 10.6 Å². The zero-order chi connectivity index (χ0) is 19.4. The number of amides is 2. The number of halogens is 2. The second kappa shape index (κ2) is 7.87. The standard InChI is InChI=1S/C17H12BrFN6O2/c1-2-16(26)22-14-7-11(3-4-12(14)19)21-17(27)13-5-6-15(24-23-13)25-9-10(18)8-20-25/h2-9H,1H2,(H,21,27)(H,22,26). The largest absolute Gasteiger partial charge is 0.321 e. The van der Waals surface area contributed by atoms with Gasteiger partial charge >= 0.3 is 0 Å². The molecule has 0 spiro atoms. The van der Waals surface area contributed by atoms with Crippen LogP contribution in [0.2, 0.25) is 0 Å². The van der Waals surface area contributed by atoms with Gasteiger partial charge in [0.1, 0.15) is 5.82 Å². The van der Waals surface area contributed by atoms with Crippen molar-refractivity contribution in [3.63, 3.8) is 0 Å². The molecular weight excluding hydrogens is 419 g/mol. The predicted octanol–water partition coefficient (Wildman–Crippen LogP) is 2.94. The minimum absolute atomic E-state index is 0.0611. The van der Waals surface area contributed by atoms with E-state index in [4.69, 9.17) is 0 Å². The molecule has 0 saturated heterocycles. The molecule has 0 aliphatic heterocycles. The maximum atomic E-state index is 13.7. The Hall–Kier alpha value is -3.40. The van der Waals surface area contributed by atoms with E-state index in [9.17, 15) is 14.0 Å². The van der Waals surface area contributed by atoms with Crippen LogP contribution in [0, 0.1) is 5.82 Å². The number of nitrogens with one attached hydrogen (secondary N) is 2. The summed E-state index contributed by atoms with van der Waals surface area (Å²) in [5, 5.41) is 16.8. The van der Waals surface area contributed by atoms with Crippen LogP contribution in [0.4, 0.5) is 15.8 Å². The number of rotatable bonds is 5. The second-order valence-corrected chi connectivity index (χ2v) is 6.14. The first-order valence-corrected chi connectivity index (χ1v) is 8.34. The topological polar surface area (TPSA) is 102 Å². The molecule has 0 radical (unpaired) electrons. The Balaban J connectivity index is 1.74. The van der Waals surface area contributed by atoms with E-state index < -0.39 is 17.6 Å². The van der Waals surface area contributed by atoms with Crippen LogP contribution in [-0.4, -0.2) is 31.8 Å². The van der Waals surface area contributed by atoms with E-state index in [1.807, 2.05) is 0 Å². The van der Waals surface area contributed by atoms with Crippen molar-refractivity contribution in [3.8, 4) is 5.82 Å². The number of hydrogen-bond acceptors (Lipinski definition) is 5. The van der Waals surface area contributed by atoms with Crippen LogP contribution in [0.15, 0.2) is 59.9 Å². The summed E-state index contributed by atoms with van der Waals surface area (Å²) in [6.07, 6.45) is 4.31. The molecule has 27 heavy (non-hydrogen) atoms. The highest BCUT2D eigenvalue weighted by atomic mass is 79.9. The Labute approximate surface area is 161 Å². The molecule has 2 amide bonds. The Bertz CT molecular complexity index is 1020. The van der Waals surface area contributed by atoms with Crippen LogP contribution in [0.5, 0.6) is 0 Å². The minimum atomic E-state index is -0.641. The molecule has 2 aromatic heterocycles. The van der Waals surface area contributed by atoms with Gasteiger partial charge in [-0.1, -0.05) is 6.58 Å². The molecule has 0 unspecified atom stereocenters. The summed E-state index contributed by atoms with van der Waals surface area (Å²) >= 11 is 3.28. The van der Waals surface area contributed by atoms with Crippen LogP contribution in [0.3, 0.4) is 0 Å². The fraction of sp³-hybridized carbons (Fsp3) is 0. The average molecular weight is 431 g/mol. The van der Waals surface area contributed by atoms with E-state index in [1.54, 1.807) is 18.5 Å². The molecule has 0 aliphatic rings. The normalized spacial score (nSPS) is 10.3. The lowest BCUT2D eigenvalue weighted by Gasteiger charge is -2.09. The molecule has 3 rings (SSSR count). The third-order valence-electron chi connectivity index (χ3n) is 3.34. The quantitative estimate of drug-likeness (QED) is 0.605. The van der Waals surface area contributed by atoms with Gasteiger partial charge < -0.3 is 10.6 Å². The number of nitrogens with zero attached hydrogens (tertiary/aromatic N) is 4. The smallest absolute Gasteiger partial charge is 0.276 e. The third-order valence-corrected chi connectivity index (χ3v) is 3.75. The number of aromatic nitrogens is 4. The predicted molar refractivity (Wildman–Crippen MR) is 100 cm³/mol. The number of hydrogen-bond donors (Lipinski definition) is 2.